The van der Waals surface area contributed by atoms with Crippen LogP contribution in [0.1, 0.15) is 41.8 Å². The fourth-order valence-electron chi connectivity index (χ4n) is 2.40. The van der Waals surface area contributed by atoms with E-state index >= 15 is 0 Å². The van der Waals surface area contributed by atoms with Gasteiger partial charge in [0.25, 0.3) is 5.91 Å². The molecule has 0 aliphatic carbocycles. The third kappa shape index (κ3) is 3.33. The molecule has 0 fully saturated rings. The number of aliphatic hydroxyl groups excluding tert-OH is 1. The van der Waals surface area contributed by atoms with E-state index in [4.69, 9.17) is 5.11 Å². The van der Waals surface area contributed by atoms with Gasteiger partial charge < -0.3 is 15.7 Å². The second kappa shape index (κ2) is 6.17. The van der Waals surface area contributed by atoms with Crippen LogP contribution in [0.4, 0.5) is 0 Å². The molecule has 19 heavy (non-hydrogen) atoms. The molecule has 104 valence electrons. The van der Waals surface area contributed by atoms with Crippen molar-refractivity contribution in [2.45, 2.75) is 39.4 Å². The average molecular weight is 262 g/mol. The summed E-state index contributed by atoms with van der Waals surface area (Å²) in [6.45, 7) is 5.91. The zero-order valence-corrected chi connectivity index (χ0v) is 11.6. The SMILES string of the molecule is CC(C)C(CCO)NC(=O)c1ccc2c(c1)CNC2. The molecule has 1 heterocycles. The molecule has 1 amide bonds. The highest BCUT2D eigenvalue weighted by Gasteiger charge is 2.18. The Morgan fingerprint density at radius 3 is 2.79 bits per heavy atom. The zero-order valence-electron chi connectivity index (χ0n) is 11.6. The zero-order chi connectivity index (χ0) is 13.8. The lowest BCUT2D eigenvalue weighted by Crippen LogP contribution is -2.39. The van der Waals surface area contributed by atoms with Crippen LogP contribution < -0.4 is 10.6 Å². The van der Waals surface area contributed by atoms with Crippen molar-refractivity contribution in [3.8, 4) is 0 Å². The summed E-state index contributed by atoms with van der Waals surface area (Å²) in [5.41, 5.74) is 3.18. The average Bonchev–Trinajstić information content (AvgIpc) is 2.85. The van der Waals surface area contributed by atoms with Gasteiger partial charge in [0.15, 0.2) is 0 Å². The fourth-order valence-corrected chi connectivity index (χ4v) is 2.40. The first-order chi connectivity index (χ1) is 9.11. The molecule has 0 spiro atoms. The van der Waals surface area contributed by atoms with Gasteiger partial charge in [0.05, 0.1) is 0 Å². The molecule has 1 aliphatic heterocycles. The predicted octanol–water partition coefficient (Wildman–Crippen LogP) is 1.43. The fraction of sp³-hybridized carbons (Fsp3) is 0.533. The van der Waals surface area contributed by atoms with Gasteiger partial charge in [0.1, 0.15) is 0 Å². The molecule has 1 unspecified atom stereocenters. The Morgan fingerprint density at radius 1 is 1.37 bits per heavy atom. The predicted molar refractivity (Wildman–Crippen MR) is 74.8 cm³/mol. The van der Waals surface area contributed by atoms with Gasteiger partial charge in [0, 0.05) is 31.3 Å². The number of nitrogens with one attached hydrogen (secondary N) is 2. The molecule has 1 atom stereocenters. The normalized spacial score (nSPS) is 15.4. The number of aliphatic hydroxyl groups is 1. The van der Waals surface area contributed by atoms with Crippen LogP contribution in [-0.2, 0) is 13.1 Å². The lowest BCUT2D eigenvalue weighted by atomic mass is 10.00. The van der Waals surface area contributed by atoms with E-state index in [0.717, 1.165) is 13.1 Å². The number of hydrogen-bond acceptors (Lipinski definition) is 3. The Kier molecular flexibility index (Phi) is 4.56. The Morgan fingerprint density at radius 2 is 2.11 bits per heavy atom. The topological polar surface area (TPSA) is 61.4 Å². The van der Waals surface area contributed by atoms with E-state index in [-0.39, 0.29) is 18.6 Å². The third-order valence-electron chi connectivity index (χ3n) is 3.66. The first-order valence-electron chi connectivity index (χ1n) is 6.86. The van der Waals surface area contributed by atoms with Crippen molar-refractivity contribution in [3.05, 3.63) is 34.9 Å². The smallest absolute Gasteiger partial charge is 0.251 e. The van der Waals surface area contributed by atoms with E-state index in [9.17, 15) is 4.79 Å². The van der Waals surface area contributed by atoms with Crippen molar-refractivity contribution in [3.63, 3.8) is 0 Å². The van der Waals surface area contributed by atoms with E-state index in [2.05, 4.69) is 10.6 Å². The minimum atomic E-state index is -0.0538. The van der Waals surface area contributed by atoms with Crippen molar-refractivity contribution >= 4 is 5.91 Å². The minimum absolute atomic E-state index is 0.0175. The number of fused-ring (bicyclic) bond motifs is 1. The summed E-state index contributed by atoms with van der Waals surface area (Å²) < 4.78 is 0. The van der Waals surface area contributed by atoms with Gasteiger partial charge in [-0.2, -0.15) is 0 Å². The summed E-state index contributed by atoms with van der Waals surface area (Å²) >= 11 is 0. The molecule has 0 bridgehead atoms. The molecular weight excluding hydrogens is 240 g/mol. The second-order valence-electron chi connectivity index (χ2n) is 5.42. The van der Waals surface area contributed by atoms with E-state index in [1.165, 1.54) is 11.1 Å². The van der Waals surface area contributed by atoms with Crippen LogP contribution in [0.2, 0.25) is 0 Å². The number of rotatable bonds is 5. The molecule has 0 saturated carbocycles. The highest BCUT2D eigenvalue weighted by molar-refractivity contribution is 5.94. The summed E-state index contributed by atoms with van der Waals surface area (Å²) in [7, 11) is 0. The molecular formula is C15H22N2O2. The molecule has 4 heteroatoms. The lowest BCUT2D eigenvalue weighted by molar-refractivity contribution is 0.0916. The van der Waals surface area contributed by atoms with Crippen molar-refractivity contribution < 1.29 is 9.90 Å². The quantitative estimate of drug-likeness (QED) is 0.752. The maximum absolute atomic E-state index is 12.2. The number of amides is 1. The third-order valence-corrected chi connectivity index (χ3v) is 3.66. The molecule has 1 aromatic rings. The Balaban J connectivity index is 2.07. The number of carbonyl (C=O) groups is 1. The van der Waals surface area contributed by atoms with Gasteiger partial charge in [-0.1, -0.05) is 19.9 Å². The van der Waals surface area contributed by atoms with Gasteiger partial charge in [-0.3, -0.25) is 4.79 Å². The first-order valence-corrected chi connectivity index (χ1v) is 6.86. The molecule has 1 aliphatic rings. The second-order valence-corrected chi connectivity index (χ2v) is 5.42. The maximum Gasteiger partial charge on any atom is 0.251 e. The molecule has 0 saturated heterocycles. The van der Waals surface area contributed by atoms with E-state index < -0.39 is 0 Å². The van der Waals surface area contributed by atoms with Crippen LogP contribution in [0.5, 0.6) is 0 Å². The highest BCUT2D eigenvalue weighted by Crippen LogP contribution is 2.17. The van der Waals surface area contributed by atoms with E-state index in [1.54, 1.807) is 0 Å². The minimum Gasteiger partial charge on any atom is -0.396 e. The molecule has 0 aromatic heterocycles. The molecule has 4 nitrogen and oxygen atoms in total. The lowest BCUT2D eigenvalue weighted by Gasteiger charge is -2.21. The van der Waals surface area contributed by atoms with Crippen LogP contribution in [0.3, 0.4) is 0 Å². The van der Waals surface area contributed by atoms with Gasteiger partial charge in [-0.25, -0.2) is 0 Å². The van der Waals surface area contributed by atoms with Gasteiger partial charge >= 0.3 is 0 Å². The Hall–Kier alpha value is -1.39. The summed E-state index contributed by atoms with van der Waals surface area (Å²) in [6.07, 6.45) is 0.593. The summed E-state index contributed by atoms with van der Waals surface area (Å²) in [6, 6.07) is 5.86. The van der Waals surface area contributed by atoms with Crippen molar-refractivity contribution in [1.29, 1.82) is 0 Å². The first kappa shape index (κ1) is 14.0. The Bertz CT molecular complexity index is 457. The van der Waals surface area contributed by atoms with Crippen LogP contribution in [0.25, 0.3) is 0 Å². The molecule has 0 radical (unpaired) electrons. The monoisotopic (exact) mass is 262 g/mol. The van der Waals surface area contributed by atoms with E-state index in [0.29, 0.717) is 17.9 Å². The summed E-state index contributed by atoms with van der Waals surface area (Å²) in [5, 5.41) is 15.3. The van der Waals surface area contributed by atoms with Crippen LogP contribution in [0, 0.1) is 5.92 Å². The van der Waals surface area contributed by atoms with E-state index in [1.807, 2.05) is 32.0 Å². The number of carbonyl (C=O) groups excluding carboxylic acids is 1. The van der Waals surface area contributed by atoms with Crippen LogP contribution in [0.15, 0.2) is 18.2 Å². The molecule has 1 aromatic carbocycles. The standard InChI is InChI=1S/C15H22N2O2/c1-10(2)14(5-6-18)17-15(19)11-3-4-12-8-16-9-13(12)7-11/h3-4,7,10,14,16,18H,5-6,8-9H2,1-2H3,(H,17,19). The van der Waals surface area contributed by atoms with Gasteiger partial charge in [0.2, 0.25) is 0 Å². The summed E-state index contributed by atoms with van der Waals surface area (Å²) in [5.74, 6) is 0.258. The Labute approximate surface area is 114 Å². The molecule has 2 rings (SSSR count). The van der Waals surface area contributed by atoms with Crippen molar-refractivity contribution in [1.82, 2.24) is 10.6 Å². The van der Waals surface area contributed by atoms with Gasteiger partial charge in [-0.15, -0.1) is 0 Å². The van der Waals surface area contributed by atoms with Crippen molar-refractivity contribution in [2.24, 2.45) is 5.92 Å². The van der Waals surface area contributed by atoms with Crippen LogP contribution in [-0.4, -0.2) is 23.7 Å². The highest BCUT2D eigenvalue weighted by atomic mass is 16.3. The number of hydrogen-bond donors (Lipinski definition) is 3. The number of benzene rings is 1. The van der Waals surface area contributed by atoms with Crippen molar-refractivity contribution in [2.75, 3.05) is 6.61 Å². The van der Waals surface area contributed by atoms with Crippen LogP contribution >= 0.6 is 0 Å². The maximum atomic E-state index is 12.2. The van der Waals surface area contributed by atoms with Gasteiger partial charge in [-0.05, 0) is 35.6 Å². The summed E-state index contributed by atoms with van der Waals surface area (Å²) in [4.78, 5) is 12.2. The largest absolute Gasteiger partial charge is 0.396 e. The molecule has 3 N–H and O–H groups in total.